The molecule has 2 fully saturated rings. The molecule has 30 heavy (non-hydrogen) atoms. The Bertz CT molecular complexity index is 894. The summed E-state index contributed by atoms with van der Waals surface area (Å²) in [6.45, 7) is 4.05. The molecule has 1 aromatic carbocycles. The summed E-state index contributed by atoms with van der Waals surface area (Å²) in [6.07, 6.45) is 9.18. The van der Waals surface area contributed by atoms with Crippen LogP contribution < -0.4 is 14.8 Å². The number of carbonyl (C=O) groups is 1. The zero-order valence-electron chi connectivity index (χ0n) is 18.4. The molecule has 2 aromatic rings. The SMILES string of the molecule is COc1ccc([C@H]2C3CCCCC3[C@@H]2NC(=O)CC(C)n2ccnc2C)cc1OC. The number of amides is 1. The van der Waals surface area contributed by atoms with Crippen molar-refractivity contribution in [2.24, 2.45) is 11.8 Å². The summed E-state index contributed by atoms with van der Waals surface area (Å²) in [5.74, 6) is 4.10. The number of ether oxygens (including phenoxy) is 2. The first-order chi connectivity index (χ1) is 14.5. The molecular weight excluding hydrogens is 378 g/mol. The van der Waals surface area contributed by atoms with Gasteiger partial charge in [0, 0.05) is 36.8 Å². The van der Waals surface area contributed by atoms with E-state index >= 15 is 0 Å². The van der Waals surface area contributed by atoms with Crippen molar-refractivity contribution >= 4 is 5.91 Å². The smallest absolute Gasteiger partial charge is 0.222 e. The van der Waals surface area contributed by atoms with Gasteiger partial charge in [0.05, 0.1) is 14.2 Å². The Morgan fingerprint density at radius 2 is 1.93 bits per heavy atom. The molecule has 6 nitrogen and oxygen atoms in total. The number of carbonyl (C=O) groups excluding carboxylic acids is 1. The van der Waals surface area contributed by atoms with Crippen LogP contribution in [-0.4, -0.2) is 35.7 Å². The minimum Gasteiger partial charge on any atom is -0.493 e. The van der Waals surface area contributed by atoms with E-state index in [9.17, 15) is 4.79 Å². The van der Waals surface area contributed by atoms with Gasteiger partial charge in [-0.25, -0.2) is 4.98 Å². The predicted octanol–water partition coefficient (Wildman–Crippen LogP) is 4.25. The number of hydrogen-bond donors (Lipinski definition) is 1. The first-order valence-electron chi connectivity index (χ1n) is 11.0. The van der Waals surface area contributed by atoms with Gasteiger partial charge in [-0.05, 0) is 56.2 Å². The van der Waals surface area contributed by atoms with Crippen molar-refractivity contribution in [2.45, 2.75) is 64.0 Å². The molecule has 0 aliphatic heterocycles. The molecule has 4 rings (SSSR count). The van der Waals surface area contributed by atoms with E-state index in [1.54, 1.807) is 20.4 Å². The first kappa shape index (κ1) is 20.8. The molecule has 2 aliphatic rings. The van der Waals surface area contributed by atoms with E-state index in [4.69, 9.17) is 9.47 Å². The van der Waals surface area contributed by atoms with Crippen LogP contribution in [-0.2, 0) is 4.79 Å². The van der Waals surface area contributed by atoms with Crippen LogP contribution in [0.25, 0.3) is 0 Å². The minimum atomic E-state index is 0.0919. The zero-order valence-corrected chi connectivity index (χ0v) is 18.4. The van der Waals surface area contributed by atoms with E-state index in [1.807, 2.05) is 19.2 Å². The van der Waals surface area contributed by atoms with Gasteiger partial charge < -0.3 is 19.4 Å². The Morgan fingerprint density at radius 3 is 2.60 bits per heavy atom. The number of nitrogens with one attached hydrogen (secondary N) is 1. The Morgan fingerprint density at radius 1 is 1.20 bits per heavy atom. The molecule has 5 atom stereocenters. The van der Waals surface area contributed by atoms with Gasteiger partial charge in [-0.15, -0.1) is 0 Å². The maximum atomic E-state index is 12.9. The number of hydrogen-bond acceptors (Lipinski definition) is 4. The number of rotatable bonds is 7. The van der Waals surface area contributed by atoms with Crippen LogP contribution in [0.4, 0.5) is 0 Å². The second-order valence-electron chi connectivity index (χ2n) is 8.78. The highest BCUT2D eigenvalue weighted by atomic mass is 16.5. The number of fused-ring (bicyclic) bond motifs is 1. The van der Waals surface area contributed by atoms with E-state index in [0.717, 1.165) is 17.3 Å². The molecule has 3 unspecified atom stereocenters. The molecule has 6 heteroatoms. The van der Waals surface area contributed by atoms with Gasteiger partial charge in [0.2, 0.25) is 5.91 Å². The maximum Gasteiger partial charge on any atom is 0.222 e. The predicted molar refractivity (Wildman–Crippen MR) is 116 cm³/mol. The maximum absolute atomic E-state index is 12.9. The van der Waals surface area contributed by atoms with Crippen molar-refractivity contribution in [3.63, 3.8) is 0 Å². The van der Waals surface area contributed by atoms with Crippen LogP contribution in [0.1, 0.15) is 62.4 Å². The highest BCUT2D eigenvalue weighted by Crippen LogP contribution is 2.55. The monoisotopic (exact) mass is 411 g/mol. The van der Waals surface area contributed by atoms with Crippen LogP contribution >= 0.6 is 0 Å². The molecule has 0 bridgehead atoms. The third kappa shape index (κ3) is 3.80. The lowest BCUT2D eigenvalue weighted by atomic mass is 9.53. The molecule has 1 N–H and O–H groups in total. The van der Waals surface area contributed by atoms with Gasteiger partial charge in [0.1, 0.15) is 5.82 Å². The van der Waals surface area contributed by atoms with Crippen LogP contribution in [0.3, 0.4) is 0 Å². The first-order valence-corrected chi connectivity index (χ1v) is 11.0. The molecule has 2 saturated carbocycles. The lowest BCUT2D eigenvalue weighted by molar-refractivity contribution is -0.125. The molecule has 2 aliphatic carbocycles. The molecule has 0 radical (unpaired) electrons. The molecule has 0 spiro atoms. The molecule has 162 valence electrons. The normalized spacial score (nSPS) is 26.3. The van der Waals surface area contributed by atoms with Crippen molar-refractivity contribution in [2.75, 3.05) is 14.2 Å². The van der Waals surface area contributed by atoms with Crippen molar-refractivity contribution in [3.8, 4) is 11.5 Å². The number of aryl methyl sites for hydroxylation is 1. The van der Waals surface area contributed by atoms with E-state index in [1.165, 1.54) is 31.2 Å². The van der Waals surface area contributed by atoms with Gasteiger partial charge in [-0.3, -0.25) is 4.79 Å². The number of imidazole rings is 1. The van der Waals surface area contributed by atoms with Crippen LogP contribution in [0.5, 0.6) is 11.5 Å². The summed E-state index contributed by atoms with van der Waals surface area (Å²) in [7, 11) is 3.33. The number of nitrogens with zero attached hydrogens (tertiary/aromatic N) is 2. The van der Waals surface area contributed by atoms with E-state index in [-0.39, 0.29) is 18.0 Å². The third-order valence-electron chi connectivity index (χ3n) is 7.12. The van der Waals surface area contributed by atoms with Gasteiger partial charge in [0.25, 0.3) is 0 Å². The summed E-state index contributed by atoms with van der Waals surface area (Å²) < 4.78 is 13.0. The van der Waals surface area contributed by atoms with Gasteiger partial charge in [0.15, 0.2) is 11.5 Å². The van der Waals surface area contributed by atoms with Crippen molar-refractivity contribution in [3.05, 3.63) is 42.0 Å². The molecular formula is C24H33N3O3. The van der Waals surface area contributed by atoms with E-state index in [2.05, 4.69) is 33.9 Å². The summed E-state index contributed by atoms with van der Waals surface area (Å²) in [5, 5.41) is 3.40. The molecule has 1 aromatic heterocycles. The Kier molecular flexibility index (Phi) is 6.02. The standard InChI is InChI=1S/C24H33N3O3/c1-15(27-12-11-25-16(27)2)13-22(28)26-24-19-8-6-5-7-18(19)23(24)17-9-10-20(29-3)21(14-17)30-4/h9-12,14-15,18-19,23-24H,5-8,13H2,1-4H3,(H,26,28)/t15?,18?,19?,23-,24-/m0/s1. The van der Waals surface area contributed by atoms with Crippen LogP contribution in [0, 0.1) is 18.8 Å². The van der Waals surface area contributed by atoms with Gasteiger partial charge in [-0.1, -0.05) is 18.9 Å². The lowest BCUT2D eigenvalue weighted by Crippen LogP contribution is -2.59. The number of aromatic nitrogens is 2. The number of methoxy groups -OCH3 is 2. The quantitative estimate of drug-likeness (QED) is 0.740. The average Bonchev–Trinajstić information content (AvgIpc) is 3.18. The summed E-state index contributed by atoms with van der Waals surface area (Å²) in [4.78, 5) is 17.2. The summed E-state index contributed by atoms with van der Waals surface area (Å²) in [6, 6.07) is 6.48. The fraction of sp³-hybridized carbons (Fsp3) is 0.583. The zero-order chi connectivity index (χ0) is 21.3. The second-order valence-corrected chi connectivity index (χ2v) is 8.78. The fourth-order valence-electron chi connectivity index (χ4n) is 5.64. The van der Waals surface area contributed by atoms with Gasteiger partial charge in [-0.2, -0.15) is 0 Å². The van der Waals surface area contributed by atoms with Crippen LogP contribution in [0.2, 0.25) is 0 Å². The Labute approximate surface area is 179 Å². The molecule has 1 heterocycles. The third-order valence-corrected chi connectivity index (χ3v) is 7.12. The Hall–Kier alpha value is -2.50. The Balaban J connectivity index is 1.50. The average molecular weight is 412 g/mol. The highest BCUT2D eigenvalue weighted by molar-refractivity contribution is 5.77. The van der Waals surface area contributed by atoms with Crippen LogP contribution in [0.15, 0.2) is 30.6 Å². The van der Waals surface area contributed by atoms with E-state index < -0.39 is 0 Å². The molecule has 0 saturated heterocycles. The molecule has 1 amide bonds. The fourth-order valence-corrected chi connectivity index (χ4v) is 5.64. The highest BCUT2D eigenvalue weighted by Gasteiger charge is 2.52. The second kappa shape index (κ2) is 8.70. The lowest BCUT2D eigenvalue weighted by Gasteiger charge is -2.55. The number of benzene rings is 1. The minimum absolute atomic E-state index is 0.0919. The van der Waals surface area contributed by atoms with Gasteiger partial charge >= 0.3 is 0 Å². The van der Waals surface area contributed by atoms with E-state index in [0.29, 0.717) is 24.2 Å². The van der Waals surface area contributed by atoms with Crippen molar-refractivity contribution < 1.29 is 14.3 Å². The summed E-state index contributed by atoms with van der Waals surface area (Å²) in [5.41, 5.74) is 1.24. The topological polar surface area (TPSA) is 65.4 Å². The van der Waals surface area contributed by atoms with Crippen molar-refractivity contribution in [1.29, 1.82) is 0 Å². The summed E-state index contributed by atoms with van der Waals surface area (Å²) >= 11 is 0. The largest absolute Gasteiger partial charge is 0.493 e. The van der Waals surface area contributed by atoms with Crippen molar-refractivity contribution in [1.82, 2.24) is 14.9 Å².